The van der Waals surface area contributed by atoms with Gasteiger partial charge in [0.15, 0.2) is 0 Å². The van der Waals surface area contributed by atoms with Gasteiger partial charge in [0.25, 0.3) is 0 Å². The highest BCUT2D eigenvalue weighted by atomic mass is 32.2. The van der Waals surface area contributed by atoms with Gasteiger partial charge in [-0.15, -0.1) is 11.8 Å². The predicted molar refractivity (Wildman–Crippen MR) is 166 cm³/mol. The lowest BCUT2D eigenvalue weighted by atomic mass is 9.80. The van der Waals surface area contributed by atoms with Crippen molar-refractivity contribution in [2.75, 3.05) is 5.75 Å². The summed E-state index contributed by atoms with van der Waals surface area (Å²) >= 11 is 1.28. The largest absolute Gasteiger partial charge is 0.481 e. The molecule has 1 unspecified atom stereocenters. The number of carbonyl (C=O) groups is 3. The fourth-order valence-electron chi connectivity index (χ4n) is 5.55. The molecule has 0 radical (unpaired) electrons. The number of unbranched alkanes of at least 4 members (excludes halogenated alkanes) is 11. The molecule has 1 aromatic carbocycles. The number of nitrogens with one attached hydrogen (secondary N) is 1. The molecule has 41 heavy (non-hydrogen) atoms. The topological polar surface area (TPSA) is 124 Å². The van der Waals surface area contributed by atoms with Gasteiger partial charge in [-0.05, 0) is 37.2 Å². The third-order valence-electron chi connectivity index (χ3n) is 7.92. The van der Waals surface area contributed by atoms with E-state index in [4.69, 9.17) is 0 Å². The summed E-state index contributed by atoms with van der Waals surface area (Å²) in [4.78, 5) is 35.9. The summed E-state index contributed by atoms with van der Waals surface area (Å²) in [6, 6.07) is 8.11. The van der Waals surface area contributed by atoms with Crippen molar-refractivity contribution in [1.29, 1.82) is 0 Å². The van der Waals surface area contributed by atoms with Crippen LogP contribution in [0.5, 0.6) is 0 Å². The maximum Gasteiger partial charge on any atom is 0.326 e. The average Bonchev–Trinajstić information content (AvgIpc) is 2.94. The number of thioether (sulfide) groups is 1. The maximum absolute atomic E-state index is 12.7. The fourth-order valence-corrected chi connectivity index (χ4v) is 6.81. The summed E-state index contributed by atoms with van der Waals surface area (Å²) in [6.07, 6.45) is 17.7. The highest BCUT2D eigenvalue weighted by Crippen LogP contribution is 2.38. The molecule has 0 aromatic heterocycles. The van der Waals surface area contributed by atoms with Gasteiger partial charge < -0.3 is 20.6 Å². The van der Waals surface area contributed by atoms with E-state index in [1.54, 1.807) is 0 Å². The Balaban J connectivity index is 1.84. The van der Waals surface area contributed by atoms with E-state index >= 15 is 0 Å². The molecule has 1 saturated carbocycles. The zero-order valence-corrected chi connectivity index (χ0v) is 25.6. The first-order valence-corrected chi connectivity index (χ1v) is 16.6. The molecular formula is C33H51NO6S. The Morgan fingerprint density at radius 1 is 0.951 bits per heavy atom. The fraction of sp³-hybridized carbons (Fsp3) is 0.667. The lowest BCUT2D eigenvalue weighted by molar-refractivity contribution is -0.141. The molecule has 8 heteroatoms. The van der Waals surface area contributed by atoms with E-state index in [0.29, 0.717) is 12.8 Å². The number of allylic oxidation sites excluding steroid dienone is 1. The second kappa shape index (κ2) is 20.5. The van der Waals surface area contributed by atoms with Crippen molar-refractivity contribution in [3.05, 3.63) is 47.5 Å². The second-order valence-corrected chi connectivity index (χ2v) is 12.5. The molecule has 7 nitrogen and oxygen atoms in total. The number of aliphatic hydroxyl groups excluding tert-OH is 1. The van der Waals surface area contributed by atoms with Gasteiger partial charge in [-0.2, -0.15) is 0 Å². The molecule has 4 atom stereocenters. The van der Waals surface area contributed by atoms with E-state index in [9.17, 15) is 29.7 Å². The summed E-state index contributed by atoms with van der Waals surface area (Å²) < 4.78 is 0. The minimum Gasteiger partial charge on any atom is -0.481 e. The van der Waals surface area contributed by atoms with Gasteiger partial charge in [-0.25, -0.2) is 4.79 Å². The highest BCUT2D eigenvalue weighted by molar-refractivity contribution is 8.00. The van der Waals surface area contributed by atoms with Crippen LogP contribution in [0, 0.1) is 5.92 Å². The van der Waals surface area contributed by atoms with E-state index in [1.165, 1.54) is 76.0 Å². The Hall–Kier alpha value is -2.32. The average molecular weight is 590 g/mol. The van der Waals surface area contributed by atoms with Crippen LogP contribution >= 0.6 is 11.8 Å². The minimum atomic E-state index is -1.10. The Bertz CT molecular complexity index is 937. The monoisotopic (exact) mass is 589 g/mol. The van der Waals surface area contributed by atoms with Gasteiger partial charge in [0.1, 0.15) is 6.04 Å². The Kier molecular flexibility index (Phi) is 17.5. The van der Waals surface area contributed by atoms with E-state index in [2.05, 4.69) is 18.3 Å². The van der Waals surface area contributed by atoms with Crippen LogP contribution in [-0.4, -0.2) is 56.3 Å². The number of amides is 1. The number of carbonyl (C=O) groups excluding carboxylic acids is 1. The van der Waals surface area contributed by atoms with Gasteiger partial charge >= 0.3 is 11.9 Å². The molecular weight excluding hydrogens is 538 g/mol. The molecule has 0 aliphatic heterocycles. The Morgan fingerprint density at radius 2 is 1.56 bits per heavy atom. The van der Waals surface area contributed by atoms with Gasteiger partial charge in [-0.3, -0.25) is 9.59 Å². The number of carboxylic acid groups (broad SMARTS) is 2. The van der Waals surface area contributed by atoms with Crippen LogP contribution in [0.25, 0.3) is 0 Å². The summed E-state index contributed by atoms with van der Waals surface area (Å²) in [5.41, 5.74) is 1.89. The molecule has 1 amide bonds. The van der Waals surface area contributed by atoms with E-state index < -0.39 is 30.0 Å². The molecule has 230 valence electrons. The molecule has 1 aliphatic carbocycles. The number of benzene rings is 1. The van der Waals surface area contributed by atoms with Gasteiger partial charge in [-0.1, -0.05) is 113 Å². The highest BCUT2D eigenvalue weighted by Gasteiger charge is 2.36. The lowest BCUT2D eigenvalue weighted by Gasteiger charge is -2.36. The molecule has 0 saturated heterocycles. The first kappa shape index (κ1) is 34.9. The van der Waals surface area contributed by atoms with Crippen molar-refractivity contribution >= 4 is 29.6 Å². The zero-order valence-electron chi connectivity index (χ0n) is 24.8. The third kappa shape index (κ3) is 14.4. The van der Waals surface area contributed by atoms with Crippen molar-refractivity contribution < 1.29 is 29.7 Å². The standard InChI is InChI=1S/C33H51NO6S/c1-2-3-4-5-6-7-8-9-10-11-12-16-19-26-20-21-27(23-30(36)37)31(38)32(26)41-24-29(35)34-28(33(39)40)22-25-17-14-13-15-18-25/h13-15,17-19,27-28,31-32,38H,2-12,16,20-24H2,1H3,(H,34,35)(H,36,37)(H,39,40)/b26-19+/t27-,28?,31-,32-/m0/s1. The van der Waals surface area contributed by atoms with Crippen molar-refractivity contribution in [2.45, 2.75) is 127 Å². The van der Waals surface area contributed by atoms with Crippen LogP contribution in [0.1, 0.15) is 109 Å². The Labute approximate surface area is 250 Å². The number of aliphatic carboxylic acids is 2. The lowest BCUT2D eigenvalue weighted by Crippen LogP contribution is -2.44. The molecule has 4 N–H and O–H groups in total. The maximum atomic E-state index is 12.7. The molecule has 0 bridgehead atoms. The van der Waals surface area contributed by atoms with Crippen molar-refractivity contribution in [2.24, 2.45) is 5.92 Å². The van der Waals surface area contributed by atoms with Crippen molar-refractivity contribution in [1.82, 2.24) is 5.32 Å². The van der Waals surface area contributed by atoms with Crippen LogP contribution in [0.4, 0.5) is 0 Å². The SMILES string of the molecule is CCCCCCCCCCCCC/C=C1\CC[C@@H](CC(=O)O)[C@H](O)[C@H]1SCC(=O)NC(Cc1ccccc1)C(=O)O. The van der Waals surface area contributed by atoms with Gasteiger partial charge in [0.2, 0.25) is 5.91 Å². The smallest absolute Gasteiger partial charge is 0.326 e. The zero-order chi connectivity index (χ0) is 29.9. The second-order valence-electron chi connectivity index (χ2n) is 11.4. The van der Waals surface area contributed by atoms with Crippen LogP contribution in [0.3, 0.4) is 0 Å². The van der Waals surface area contributed by atoms with E-state index in [1.807, 2.05) is 30.3 Å². The normalized spacial score (nSPS) is 20.5. The first-order chi connectivity index (χ1) is 19.8. The van der Waals surface area contributed by atoms with Gasteiger partial charge in [0.05, 0.1) is 23.5 Å². The molecule has 1 fully saturated rings. The van der Waals surface area contributed by atoms with Crippen molar-refractivity contribution in [3.8, 4) is 0 Å². The van der Waals surface area contributed by atoms with E-state index in [-0.39, 0.29) is 29.8 Å². The quantitative estimate of drug-likeness (QED) is 0.0921. The molecule has 0 spiro atoms. The third-order valence-corrected chi connectivity index (χ3v) is 9.29. The van der Waals surface area contributed by atoms with Crippen LogP contribution in [-0.2, 0) is 20.8 Å². The van der Waals surface area contributed by atoms with Crippen LogP contribution in [0.2, 0.25) is 0 Å². The number of aliphatic hydroxyl groups is 1. The summed E-state index contributed by atoms with van der Waals surface area (Å²) in [5, 5.41) is 32.2. The van der Waals surface area contributed by atoms with Crippen LogP contribution < -0.4 is 5.32 Å². The molecule has 1 aromatic rings. The van der Waals surface area contributed by atoms with E-state index in [0.717, 1.165) is 24.0 Å². The number of hydrogen-bond acceptors (Lipinski definition) is 5. The summed E-state index contributed by atoms with van der Waals surface area (Å²) in [7, 11) is 0. The summed E-state index contributed by atoms with van der Waals surface area (Å²) in [6.45, 7) is 2.24. The molecule has 0 heterocycles. The molecule has 1 aliphatic rings. The number of hydrogen-bond donors (Lipinski definition) is 4. The predicted octanol–water partition coefficient (Wildman–Crippen LogP) is 6.77. The van der Waals surface area contributed by atoms with Crippen LogP contribution in [0.15, 0.2) is 42.0 Å². The molecule has 2 rings (SSSR count). The number of carboxylic acids is 2. The first-order valence-electron chi connectivity index (χ1n) is 15.6. The number of rotatable bonds is 21. The van der Waals surface area contributed by atoms with Gasteiger partial charge in [0, 0.05) is 6.42 Å². The summed E-state index contributed by atoms with van der Waals surface area (Å²) in [5.74, 6) is -2.81. The Morgan fingerprint density at radius 3 is 2.15 bits per heavy atom. The van der Waals surface area contributed by atoms with Crippen molar-refractivity contribution in [3.63, 3.8) is 0 Å². The minimum absolute atomic E-state index is 0.00410.